The van der Waals surface area contributed by atoms with Gasteiger partial charge >= 0.3 is 0 Å². The van der Waals surface area contributed by atoms with E-state index in [1.165, 1.54) is 6.08 Å². The monoisotopic (exact) mass is 340 g/mol. The molecule has 2 aromatic carbocycles. The van der Waals surface area contributed by atoms with E-state index in [0.29, 0.717) is 11.5 Å². The van der Waals surface area contributed by atoms with Crippen molar-refractivity contribution in [2.45, 2.75) is 6.54 Å². The minimum atomic E-state index is -3.55. The Bertz CT molecular complexity index is 917. The molecule has 0 fully saturated rings. The molecule has 0 saturated carbocycles. The highest BCUT2D eigenvalue weighted by molar-refractivity contribution is 7.92. The molecule has 0 aliphatic heterocycles. The number of nitrogens with one attached hydrogen (secondary N) is 1. The van der Waals surface area contributed by atoms with Crippen LogP contribution < -0.4 is 4.72 Å². The van der Waals surface area contributed by atoms with Crippen molar-refractivity contribution in [3.63, 3.8) is 0 Å². The zero-order valence-corrected chi connectivity index (χ0v) is 13.6. The highest BCUT2D eigenvalue weighted by Gasteiger charge is 2.10. The summed E-state index contributed by atoms with van der Waals surface area (Å²) in [5.74, 6) is 0.450. The number of sulfonamides is 1. The lowest BCUT2D eigenvalue weighted by atomic mass is 10.1. The second kappa shape index (κ2) is 7.25. The Morgan fingerprint density at radius 1 is 1.00 bits per heavy atom. The second-order valence-corrected chi connectivity index (χ2v) is 6.77. The molecule has 3 rings (SSSR count). The summed E-state index contributed by atoms with van der Waals surface area (Å²) in [7, 11) is -3.55. The first-order valence-corrected chi connectivity index (χ1v) is 8.91. The summed E-state index contributed by atoms with van der Waals surface area (Å²) in [6, 6.07) is 20.5. The summed E-state index contributed by atoms with van der Waals surface area (Å²) in [6.45, 7) is 0.0430. The molecule has 1 aromatic heterocycles. The summed E-state index contributed by atoms with van der Waals surface area (Å²) >= 11 is 0. The van der Waals surface area contributed by atoms with Gasteiger partial charge in [0.05, 0.1) is 6.54 Å². The fourth-order valence-electron chi connectivity index (χ4n) is 2.09. The van der Waals surface area contributed by atoms with Gasteiger partial charge in [-0.25, -0.2) is 13.1 Å². The van der Waals surface area contributed by atoms with Crippen LogP contribution in [-0.4, -0.2) is 13.6 Å². The zero-order valence-electron chi connectivity index (χ0n) is 12.8. The first-order chi connectivity index (χ1) is 11.6. The third kappa shape index (κ3) is 4.41. The topological polar surface area (TPSA) is 72.2 Å². The van der Waals surface area contributed by atoms with Crippen molar-refractivity contribution in [2.24, 2.45) is 0 Å². The average molecular weight is 340 g/mol. The molecule has 0 spiro atoms. The Kier molecular flexibility index (Phi) is 4.88. The molecule has 0 aliphatic rings. The molecule has 1 heterocycles. The Morgan fingerprint density at radius 3 is 2.38 bits per heavy atom. The van der Waals surface area contributed by atoms with Crippen LogP contribution in [-0.2, 0) is 16.6 Å². The molecule has 0 unspecified atom stereocenters. The fraction of sp³-hybridized carbons (Fsp3) is 0.0556. The van der Waals surface area contributed by atoms with Gasteiger partial charge in [0.25, 0.3) is 0 Å². The van der Waals surface area contributed by atoms with E-state index in [-0.39, 0.29) is 6.54 Å². The van der Waals surface area contributed by atoms with Gasteiger partial charge in [-0.3, -0.25) is 0 Å². The third-order valence-corrected chi connectivity index (χ3v) is 4.36. The predicted octanol–water partition coefficient (Wildman–Crippen LogP) is 3.43. The number of rotatable bonds is 6. The van der Waals surface area contributed by atoms with E-state index < -0.39 is 10.0 Å². The zero-order chi connectivity index (χ0) is 16.8. The first-order valence-electron chi connectivity index (χ1n) is 7.36. The van der Waals surface area contributed by atoms with Crippen LogP contribution in [0, 0.1) is 0 Å². The van der Waals surface area contributed by atoms with Gasteiger partial charge in [-0.2, -0.15) is 0 Å². The second-order valence-electron chi connectivity index (χ2n) is 5.12. The quantitative estimate of drug-likeness (QED) is 0.746. The molecular weight excluding hydrogens is 324 g/mol. The molecule has 122 valence electrons. The molecule has 0 atom stereocenters. The van der Waals surface area contributed by atoms with Crippen LogP contribution >= 0.6 is 0 Å². The molecule has 0 saturated heterocycles. The Balaban J connectivity index is 1.63. The number of nitrogens with zero attached hydrogens (tertiary/aromatic N) is 1. The minimum absolute atomic E-state index is 0.0430. The molecule has 0 radical (unpaired) electrons. The van der Waals surface area contributed by atoms with Crippen LogP contribution in [0.2, 0.25) is 0 Å². The number of hydrogen-bond acceptors (Lipinski definition) is 4. The van der Waals surface area contributed by atoms with E-state index in [1.807, 2.05) is 60.7 Å². The van der Waals surface area contributed by atoms with Crippen molar-refractivity contribution in [3.8, 4) is 11.3 Å². The Morgan fingerprint density at radius 2 is 1.67 bits per heavy atom. The van der Waals surface area contributed by atoms with Crippen LogP contribution in [0.15, 0.2) is 76.7 Å². The highest BCUT2D eigenvalue weighted by atomic mass is 32.2. The number of aromatic nitrogens is 1. The Hall–Kier alpha value is -2.70. The summed E-state index contributed by atoms with van der Waals surface area (Å²) in [6.07, 6.45) is 1.54. The molecule has 24 heavy (non-hydrogen) atoms. The van der Waals surface area contributed by atoms with E-state index in [4.69, 9.17) is 4.52 Å². The van der Waals surface area contributed by atoms with Crippen LogP contribution in [0.25, 0.3) is 17.3 Å². The van der Waals surface area contributed by atoms with Gasteiger partial charge in [0.15, 0.2) is 5.76 Å². The molecular formula is C18H16N2O3S. The molecule has 6 heteroatoms. The highest BCUT2D eigenvalue weighted by Crippen LogP contribution is 2.18. The van der Waals surface area contributed by atoms with Crippen molar-refractivity contribution in [3.05, 3.63) is 83.5 Å². The SMILES string of the molecule is O=S(=O)(/C=C\c1ccccc1)NCc1cc(-c2ccccc2)no1. The van der Waals surface area contributed by atoms with Gasteiger partial charge in [0.1, 0.15) is 5.69 Å². The van der Waals surface area contributed by atoms with E-state index >= 15 is 0 Å². The lowest BCUT2D eigenvalue weighted by Gasteiger charge is -1.99. The van der Waals surface area contributed by atoms with Crippen LogP contribution in [0.5, 0.6) is 0 Å². The summed E-state index contributed by atoms with van der Waals surface area (Å²) in [5, 5.41) is 5.09. The van der Waals surface area contributed by atoms with E-state index in [0.717, 1.165) is 16.5 Å². The van der Waals surface area contributed by atoms with Crippen molar-refractivity contribution >= 4 is 16.1 Å². The van der Waals surface area contributed by atoms with Gasteiger partial charge in [0.2, 0.25) is 10.0 Å². The first kappa shape index (κ1) is 16.2. The van der Waals surface area contributed by atoms with E-state index in [1.54, 1.807) is 6.07 Å². The van der Waals surface area contributed by atoms with Crippen molar-refractivity contribution < 1.29 is 12.9 Å². The van der Waals surface area contributed by atoms with Crippen LogP contribution in [0.3, 0.4) is 0 Å². The lowest BCUT2D eigenvalue weighted by molar-refractivity contribution is 0.382. The summed E-state index contributed by atoms with van der Waals surface area (Å²) < 4.78 is 31.6. The van der Waals surface area contributed by atoms with Crippen LogP contribution in [0.1, 0.15) is 11.3 Å². The molecule has 0 aliphatic carbocycles. The van der Waals surface area contributed by atoms with Gasteiger partial charge in [0, 0.05) is 17.0 Å². The number of hydrogen-bond donors (Lipinski definition) is 1. The number of benzene rings is 2. The van der Waals surface area contributed by atoms with Crippen molar-refractivity contribution in [1.82, 2.24) is 9.88 Å². The maximum atomic E-state index is 12.0. The third-order valence-electron chi connectivity index (χ3n) is 3.32. The largest absolute Gasteiger partial charge is 0.359 e. The molecule has 1 N–H and O–H groups in total. The maximum Gasteiger partial charge on any atom is 0.234 e. The van der Waals surface area contributed by atoms with Crippen molar-refractivity contribution in [1.29, 1.82) is 0 Å². The maximum absolute atomic E-state index is 12.0. The molecule has 3 aromatic rings. The lowest BCUT2D eigenvalue weighted by Crippen LogP contribution is -2.20. The predicted molar refractivity (Wildman–Crippen MR) is 93.2 cm³/mol. The van der Waals surface area contributed by atoms with E-state index in [2.05, 4.69) is 9.88 Å². The van der Waals surface area contributed by atoms with Crippen LogP contribution in [0.4, 0.5) is 0 Å². The average Bonchev–Trinajstić information content (AvgIpc) is 3.09. The molecule has 0 amide bonds. The van der Waals surface area contributed by atoms with Gasteiger partial charge in [-0.1, -0.05) is 65.8 Å². The summed E-state index contributed by atoms with van der Waals surface area (Å²) in [5.41, 5.74) is 2.40. The van der Waals surface area contributed by atoms with Gasteiger partial charge in [-0.15, -0.1) is 0 Å². The van der Waals surface area contributed by atoms with Gasteiger partial charge < -0.3 is 4.52 Å². The normalized spacial score (nSPS) is 11.8. The van der Waals surface area contributed by atoms with E-state index in [9.17, 15) is 8.42 Å². The van der Waals surface area contributed by atoms with Gasteiger partial charge in [-0.05, 0) is 11.6 Å². The smallest absolute Gasteiger partial charge is 0.234 e. The Labute approximate surface area is 140 Å². The summed E-state index contributed by atoms with van der Waals surface area (Å²) in [4.78, 5) is 0. The standard InChI is InChI=1S/C18H16N2O3S/c21-24(22,12-11-15-7-3-1-4-8-15)19-14-17-13-18(20-23-17)16-9-5-2-6-10-16/h1-13,19H,14H2/b12-11-. The minimum Gasteiger partial charge on any atom is -0.359 e. The molecule has 0 bridgehead atoms. The molecule has 5 nitrogen and oxygen atoms in total. The van der Waals surface area contributed by atoms with Crippen molar-refractivity contribution in [2.75, 3.05) is 0 Å². The fourth-order valence-corrected chi connectivity index (χ4v) is 2.87.